The zero-order valence-electron chi connectivity index (χ0n) is 34.7. The molecule has 2 fully saturated rings. The van der Waals surface area contributed by atoms with Gasteiger partial charge in [0.1, 0.15) is 22.7 Å². The molecule has 0 spiro atoms. The van der Waals surface area contributed by atoms with Crippen LogP contribution in [-0.4, -0.2) is 62.4 Å². The quantitative estimate of drug-likeness (QED) is 0.0670. The summed E-state index contributed by atoms with van der Waals surface area (Å²) in [5, 5.41) is 19.6. The SMILES string of the molecule is Cc1sc2c(c1C)C(c1ccc(Cl)cc1)=N[C@@H](CC(=O)NCCCCCCCCCCC(=O)Nc1cccc(C3(C(=O)NC4CCC(=O)CC4=O)CC3)c1)c1nnc(C)n1-2. The highest BCUT2D eigenvalue weighted by atomic mass is 35.5. The average Bonchev–Trinajstić information content (AvgIpc) is 3.90. The minimum atomic E-state index is -0.692. The van der Waals surface area contributed by atoms with Crippen LogP contribution in [-0.2, 0) is 29.4 Å². The molecule has 3 aliphatic rings. The van der Waals surface area contributed by atoms with E-state index in [2.05, 4.69) is 44.6 Å². The lowest BCUT2D eigenvalue weighted by Crippen LogP contribution is -2.48. The van der Waals surface area contributed by atoms with Gasteiger partial charge < -0.3 is 16.0 Å². The van der Waals surface area contributed by atoms with E-state index in [0.717, 1.165) is 90.2 Å². The van der Waals surface area contributed by atoms with Gasteiger partial charge in [0.15, 0.2) is 11.6 Å². The fourth-order valence-electron chi connectivity index (χ4n) is 8.29. The molecular formula is C46H54ClN7O5S. The Kier molecular flexibility index (Phi) is 13.7. The second kappa shape index (κ2) is 19.1. The number of benzene rings is 2. The highest BCUT2D eigenvalue weighted by Crippen LogP contribution is 2.49. The largest absolute Gasteiger partial charge is 0.356 e. The van der Waals surface area contributed by atoms with Crippen molar-refractivity contribution in [3.05, 3.63) is 92.3 Å². The van der Waals surface area contributed by atoms with E-state index in [1.807, 2.05) is 55.5 Å². The molecule has 1 unspecified atom stereocenters. The fourth-order valence-corrected chi connectivity index (χ4v) is 9.63. The number of aryl methyl sites for hydroxylation is 2. The number of fused-ring (bicyclic) bond motifs is 3. The Labute approximate surface area is 360 Å². The molecule has 7 rings (SSSR count). The number of anilines is 1. The molecule has 0 saturated heterocycles. The minimum absolute atomic E-state index is 0.0486. The Morgan fingerprint density at radius 2 is 1.62 bits per heavy atom. The number of halogens is 1. The first-order valence-corrected chi connectivity index (χ1v) is 22.5. The number of amides is 3. The molecule has 2 aromatic heterocycles. The maximum absolute atomic E-state index is 13.3. The number of unbranched alkanes of at least 4 members (excludes halogenated alkanes) is 7. The van der Waals surface area contributed by atoms with Gasteiger partial charge in [-0.1, -0.05) is 74.4 Å². The third-order valence-corrected chi connectivity index (χ3v) is 13.5. The van der Waals surface area contributed by atoms with Gasteiger partial charge in [0.05, 0.1) is 30.0 Å². The first-order valence-electron chi connectivity index (χ1n) is 21.3. The van der Waals surface area contributed by atoms with Gasteiger partial charge in [0.25, 0.3) is 0 Å². The Hall–Kier alpha value is -5.01. The summed E-state index contributed by atoms with van der Waals surface area (Å²) < 4.78 is 2.06. The van der Waals surface area contributed by atoms with Gasteiger partial charge in [-0.25, -0.2) is 0 Å². The Morgan fingerprint density at radius 1 is 0.900 bits per heavy atom. The summed E-state index contributed by atoms with van der Waals surface area (Å²) in [7, 11) is 0. The van der Waals surface area contributed by atoms with Crippen LogP contribution in [0.5, 0.6) is 0 Å². The van der Waals surface area contributed by atoms with Crippen LogP contribution in [0.2, 0.25) is 5.02 Å². The number of carbonyl (C=O) groups excluding carboxylic acids is 5. The molecule has 60 heavy (non-hydrogen) atoms. The highest BCUT2D eigenvalue weighted by molar-refractivity contribution is 7.15. The van der Waals surface area contributed by atoms with E-state index in [1.165, 1.54) is 4.88 Å². The summed E-state index contributed by atoms with van der Waals surface area (Å²) in [6, 6.07) is 14.0. The number of aromatic nitrogens is 3. The van der Waals surface area contributed by atoms with Crippen molar-refractivity contribution in [3.8, 4) is 5.00 Å². The molecule has 3 heterocycles. The van der Waals surface area contributed by atoms with Gasteiger partial charge in [-0.05, 0) is 88.3 Å². The number of hydrogen-bond donors (Lipinski definition) is 3. The molecule has 0 bridgehead atoms. The van der Waals surface area contributed by atoms with Crippen molar-refractivity contribution in [2.45, 2.75) is 135 Å². The van der Waals surface area contributed by atoms with Crippen molar-refractivity contribution >= 4 is 63.6 Å². The zero-order chi connectivity index (χ0) is 42.4. The number of hydrogen-bond acceptors (Lipinski definition) is 9. The lowest BCUT2D eigenvalue weighted by molar-refractivity contribution is -0.135. The number of carbonyl (C=O) groups is 5. The summed E-state index contributed by atoms with van der Waals surface area (Å²) >= 11 is 7.92. The van der Waals surface area contributed by atoms with Gasteiger partial charge in [-0.2, -0.15) is 0 Å². The Morgan fingerprint density at radius 3 is 2.33 bits per heavy atom. The summed E-state index contributed by atoms with van der Waals surface area (Å²) in [6.45, 7) is 6.76. The maximum Gasteiger partial charge on any atom is 0.231 e. The summed E-state index contributed by atoms with van der Waals surface area (Å²) in [4.78, 5) is 69.5. The number of nitrogens with one attached hydrogen (secondary N) is 3. The topological polar surface area (TPSA) is 165 Å². The number of aliphatic imine (C=N–C) groups is 1. The Bertz CT molecular complexity index is 2290. The highest BCUT2D eigenvalue weighted by Gasteiger charge is 2.52. The molecule has 12 nitrogen and oxygen atoms in total. The molecule has 2 aliphatic carbocycles. The van der Waals surface area contributed by atoms with Crippen LogP contribution in [0.4, 0.5) is 5.69 Å². The molecule has 14 heteroatoms. The summed E-state index contributed by atoms with van der Waals surface area (Å²) in [6.07, 6.45) is 10.6. The fraction of sp³-hybridized carbons (Fsp3) is 0.478. The lowest BCUT2D eigenvalue weighted by atomic mass is 9.90. The van der Waals surface area contributed by atoms with Crippen molar-refractivity contribution in [1.29, 1.82) is 0 Å². The molecule has 2 aromatic carbocycles. The van der Waals surface area contributed by atoms with Crippen LogP contribution in [0.3, 0.4) is 0 Å². The summed E-state index contributed by atoms with van der Waals surface area (Å²) in [5.74, 6) is 0.842. The molecule has 3 N–H and O–H groups in total. The van der Waals surface area contributed by atoms with E-state index in [9.17, 15) is 24.0 Å². The van der Waals surface area contributed by atoms with E-state index in [0.29, 0.717) is 55.2 Å². The monoisotopic (exact) mass is 851 g/mol. The number of ketones is 2. The maximum atomic E-state index is 13.3. The predicted octanol–water partition coefficient (Wildman–Crippen LogP) is 8.29. The molecular weight excluding hydrogens is 798 g/mol. The molecule has 1 aliphatic heterocycles. The van der Waals surface area contributed by atoms with Crippen LogP contribution in [0.25, 0.3) is 5.00 Å². The van der Waals surface area contributed by atoms with Crippen molar-refractivity contribution in [1.82, 2.24) is 25.4 Å². The third-order valence-electron chi connectivity index (χ3n) is 12.0. The van der Waals surface area contributed by atoms with Crippen LogP contribution in [0.15, 0.2) is 53.5 Å². The smallest absolute Gasteiger partial charge is 0.231 e. The standard InChI is InChI=1S/C46H54ClN7O5S/c1-28-29(2)60-44-41(28)42(31-16-18-33(47)19-17-31)50-37(43-53-52-30(3)54(43)44)27-40(58)48-24-11-9-7-5-4-6-8-10-15-39(57)49-34-14-12-13-32(25-34)46(22-23-46)45(59)51-36-21-20-35(55)26-38(36)56/h12-14,16-19,25,36-37H,4-11,15,20-24,26-27H2,1-3H3,(H,48,58)(H,49,57)(H,51,59)/t36?,37-/m0/s1. The van der Waals surface area contributed by atoms with Crippen LogP contribution >= 0.6 is 22.9 Å². The molecule has 3 amide bonds. The Balaban J connectivity index is 0.787. The number of nitrogens with zero attached hydrogens (tertiary/aromatic N) is 4. The zero-order valence-corrected chi connectivity index (χ0v) is 36.3. The van der Waals surface area contributed by atoms with Crippen LogP contribution in [0.1, 0.15) is 141 Å². The number of rotatable bonds is 18. The van der Waals surface area contributed by atoms with Gasteiger partial charge in [-0.15, -0.1) is 21.5 Å². The van der Waals surface area contributed by atoms with Crippen molar-refractivity contribution in [2.75, 3.05) is 11.9 Å². The third kappa shape index (κ3) is 9.95. The van der Waals surface area contributed by atoms with Crippen molar-refractivity contribution < 1.29 is 24.0 Å². The first kappa shape index (κ1) is 43.1. The molecule has 4 aromatic rings. The first-order chi connectivity index (χ1) is 28.9. The second-order valence-corrected chi connectivity index (χ2v) is 18.1. The van der Waals surface area contributed by atoms with Gasteiger partial charge in [0.2, 0.25) is 17.7 Å². The normalized spacial score (nSPS) is 17.9. The second-order valence-electron chi connectivity index (χ2n) is 16.5. The van der Waals surface area contributed by atoms with Gasteiger partial charge >= 0.3 is 0 Å². The van der Waals surface area contributed by atoms with Crippen LogP contribution < -0.4 is 16.0 Å². The van der Waals surface area contributed by atoms with Crippen LogP contribution in [0, 0.1) is 20.8 Å². The molecule has 316 valence electrons. The molecule has 2 saturated carbocycles. The van der Waals surface area contributed by atoms with E-state index < -0.39 is 17.5 Å². The van der Waals surface area contributed by atoms with E-state index in [4.69, 9.17) is 16.6 Å². The molecule has 0 radical (unpaired) electrons. The van der Waals surface area contributed by atoms with Crippen molar-refractivity contribution in [2.24, 2.45) is 4.99 Å². The van der Waals surface area contributed by atoms with E-state index in [1.54, 1.807) is 11.3 Å². The minimum Gasteiger partial charge on any atom is -0.356 e. The van der Waals surface area contributed by atoms with E-state index in [-0.39, 0.29) is 42.1 Å². The van der Waals surface area contributed by atoms with E-state index >= 15 is 0 Å². The lowest BCUT2D eigenvalue weighted by Gasteiger charge is -2.24. The van der Waals surface area contributed by atoms with Gasteiger partial charge in [0, 0.05) is 46.1 Å². The van der Waals surface area contributed by atoms with Gasteiger partial charge in [-0.3, -0.25) is 33.5 Å². The molecule has 2 atom stereocenters. The average molecular weight is 853 g/mol. The number of Topliss-reactive ketones (excluding diaryl/α,β-unsaturated/α-hetero) is 2. The predicted molar refractivity (Wildman–Crippen MR) is 234 cm³/mol. The number of thiophene rings is 1. The van der Waals surface area contributed by atoms with Crippen molar-refractivity contribution in [3.63, 3.8) is 0 Å². The summed E-state index contributed by atoms with van der Waals surface area (Å²) in [5.41, 5.74) is 4.77.